The summed E-state index contributed by atoms with van der Waals surface area (Å²) in [4.78, 5) is 30.3. The fourth-order valence-electron chi connectivity index (χ4n) is 0.428. The average Bonchev–Trinajstić information content (AvgIpc) is 2.15. The summed E-state index contributed by atoms with van der Waals surface area (Å²) in [5.74, 6) is -1.65. The van der Waals surface area contributed by atoms with Crippen LogP contribution in [0.2, 0.25) is 0 Å². The van der Waals surface area contributed by atoms with Gasteiger partial charge in [0.2, 0.25) is 0 Å². The third-order valence-corrected chi connectivity index (χ3v) is 1.08. The predicted molar refractivity (Wildman–Crippen MR) is 46.4 cm³/mol. The van der Waals surface area contributed by atoms with Crippen molar-refractivity contribution < 1.29 is 24.4 Å². The van der Waals surface area contributed by atoms with Crippen LogP contribution in [0.1, 0.15) is 0 Å². The largest absolute Gasteiger partial charge is 0.391 e. The van der Waals surface area contributed by atoms with Gasteiger partial charge in [0.1, 0.15) is 0 Å². The van der Waals surface area contributed by atoms with E-state index in [4.69, 9.17) is 5.11 Å². The molecule has 0 aromatic heterocycles. The Morgan fingerprint density at radius 2 is 2.07 bits per heavy atom. The zero-order chi connectivity index (χ0) is 11.1. The first-order valence-corrected chi connectivity index (χ1v) is 3.60. The molecule has 0 unspecified atom stereocenters. The van der Waals surface area contributed by atoms with E-state index in [0.29, 0.717) is 5.23 Å². The molecule has 0 fully saturated rings. The van der Waals surface area contributed by atoms with Crippen LogP contribution in [0.25, 0.3) is 0 Å². The first-order chi connectivity index (χ1) is 6.51. The van der Waals surface area contributed by atoms with Crippen LogP contribution in [0.5, 0.6) is 0 Å². The number of aliphatic hydroxyl groups excluding tert-OH is 1. The van der Waals surface area contributed by atoms with Crippen molar-refractivity contribution in [1.82, 2.24) is 5.23 Å². The third kappa shape index (κ3) is 4.39. The molecule has 0 bridgehead atoms. The molecule has 0 heterocycles. The number of hydrogen-bond acceptors (Lipinski definition) is 6. The van der Waals surface area contributed by atoms with E-state index in [1.807, 2.05) is 0 Å². The number of carbonyl (C=O) groups excluding carboxylic acids is 2. The maximum Gasteiger partial charge on any atom is 0.358 e. The molecule has 0 saturated carbocycles. The molecule has 1 N–H and O–H groups in total. The lowest BCUT2D eigenvalue weighted by molar-refractivity contribution is -0.306. The summed E-state index contributed by atoms with van der Waals surface area (Å²) in [6.45, 7) is 5.83. The molecule has 0 aromatic carbocycles. The smallest absolute Gasteiger partial charge is 0.358 e. The first-order valence-electron chi connectivity index (χ1n) is 3.60. The molecule has 14 heavy (non-hydrogen) atoms. The van der Waals surface area contributed by atoms with Crippen molar-refractivity contribution in [2.24, 2.45) is 0 Å². The highest BCUT2D eigenvalue weighted by molar-refractivity contribution is 5.87. The summed E-state index contributed by atoms with van der Waals surface area (Å²) in [5, 5.41) is 9.05. The van der Waals surface area contributed by atoms with Crippen molar-refractivity contribution in [3.63, 3.8) is 0 Å². The molecule has 0 aliphatic rings. The second kappa shape index (κ2) is 5.90. The van der Waals surface area contributed by atoms with E-state index < -0.39 is 18.5 Å². The van der Waals surface area contributed by atoms with Crippen LogP contribution >= 0.6 is 0 Å². The number of nitrogens with zero attached hydrogens (tertiary/aromatic N) is 1. The van der Waals surface area contributed by atoms with Crippen LogP contribution < -0.4 is 0 Å². The Hall–Kier alpha value is -1.66. The Bertz CT molecular complexity index is 260. The normalized spacial score (nSPS) is 9.36. The fourth-order valence-corrected chi connectivity index (χ4v) is 0.428. The van der Waals surface area contributed by atoms with Gasteiger partial charge in [-0.3, -0.25) is 0 Å². The number of hydrogen-bond donors (Lipinski definition) is 1. The van der Waals surface area contributed by atoms with E-state index in [1.54, 1.807) is 0 Å². The molecule has 78 valence electrons. The van der Waals surface area contributed by atoms with E-state index in [0.717, 1.165) is 6.08 Å². The fraction of sp³-hybridized carbons (Fsp3) is 0.250. The van der Waals surface area contributed by atoms with Gasteiger partial charge in [-0.15, -0.1) is 0 Å². The third-order valence-electron chi connectivity index (χ3n) is 1.08. The molecule has 0 amide bonds. The van der Waals surface area contributed by atoms with Gasteiger partial charge in [-0.25, -0.2) is 9.59 Å². The van der Waals surface area contributed by atoms with Crippen LogP contribution in [-0.4, -0.2) is 35.9 Å². The van der Waals surface area contributed by atoms with Gasteiger partial charge in [-0.2, -0.15) is 0 Å². The van der Waals surface area contributed by atoms with Gasteiger partial charge < -0.3 is 14.8 Å². The van der Waals surface area contributed by atoms with E-state index in [1.165, 1.54) is 7.05 Å². The Kier molecular flexibility index (Phi) is 5.20. The second-order valence-corrected chi connectivity index (χ2v) is 2.19. The molecule has 0 spiro atoms. The first kappa shape index (κ1) is 12.3. The Morgan fingerprint density at radius 1 is 1.50 bits per heavy atom. The average molecular weight is 201 g/mol. The predicted octanol–water partition coefficient (Wildman–Crippen LogP) is -0.431. The van der Waals surface area contributed by atoms with Crippen molar-refractivity contribution in [2.75, 3.05) is 13.7 Å². The summed E-state index contributed by atoms with van der Waals surface area (Å²) in [6, 6.07) is 0. The second-order valence-electron chi connectivity index (χ2n) is 2.19. The minimum absolute atomic E-state index is 0.147. The van der Waals surface area contributed by atoms with Gasteiger partial charge in [-0.05, 0) is 0 Å². The molecule has 6 nitrogen and oxygen atoms in total. The molecule has 0 aliphatic heterocycles. The van der Waals surface area contributed by atoms with Crippen molar-refractivity contribution in [2.45, 2.75) is 0 Å². The maximum atomic E-state index is 10.9. The van der Waals surface area contributed by atoms with Crippen LogP contribution in [0, 0.1) is 0 Å². The quantitative estimate of drug-likeness (QED) is 0.480. The van der Waals surface area contributed by atoms with E-state index >= 15 is 0 Å². The molecule has 0 atom stereocenters. The minimum Gasteiger partial charge on any atom is -0.391 e. The van der Waals surface area contributed by atoms with Crippen LogP contribution in [-0.2, 0) is 19.3 Å². The molecule has 6 heteroatoms. The summed E-state index contributed by atoms with van der Waals surface area (Å²) in [5.41, 5.74) is -0.147. The lowest BCUT2D eigenvalue weighted by Gasteiger charge is -2.13. The van der Waals surface area contributed by atoms with Gasteiger partial charge in [-0.1, -0.05) is 13.2 Å². The zero-order valence-electron chi connectivity index (χ0n) is 7.73. The summed E-state index contributed by atoms with van der Waals surface area (Å²) in [6.07, 6.45) is 0.908. The summed E-state index contributed by atoms with van der Waals surface area (Å²) >= 11 is 0. The number of carbonyl (C=O) groups is 2. The minimum atomic E-state index is -0.883. The monoisotopic (exact) mass is 201 g/mol. The van der Waals surface area contributed by atoms with E-state index in [-0.39, 0.29) is 5.57 Å². The van der Waals surface area contributed by atoms with E-state index in [9.17, 15) is 9.59 Å². The lowest BCUT2D eigenvalue weighted by Crippen LogP contribution is -2.27. The highest BCUT2D eigenvalue weighted by Gasteiger charge is 2.13. The standard InChI is InChI=1S/C8H11NO5/c1-4-7(11)13-9(3)14-8(12)6(2)5-10/h4,10H,1-2,5H2,3H3. The molecule has 0 aromatic rings. The maximum absolute atomic E-state index is 10.9. The van der Waals surface area contributed by atoms with Crippen LogP contribution in [0.15, 0.2) is 24.8 Å². The van der Waals surface area contributed by atoms with E-state index in [2.05, 4.69) is 22.8 Å². The molecular formula is C8H11NO5. The van der Waals surface area contributed by atoms with Crippen LogP contribution in [0.4, 0.5) is 0 Å². The van der Waals surface area contributed by atoms with Gasteiger partial charge in [0.05, 0.1) is 19.2 Å². The van der Waals surface area contributed by atoms with Gasteiger partial charge in [0.25, 0.3) is 0 Å². The molecule has 0 radical (unpaired) electrons. The topological polar surface area (TPSA) is 76.1 Å². The van der Waals surface area contributed by atoms with Crippen molar-refractivity contribution in [3.05, 3.63) is 24.8 Å². The highest BCUT2D eigenvalue weighted by atomic mass is 17.0. The number of hydroxylamine groups is 2. The Balaban J connectivity index is 4.00. The summed E-state index contributed by atoms with van der Waals surface area (Å²) < 4.78 is 0. The molecular weight excluding hydrogens is 190 g/mol. The summed E-state index contributed by atoms with van der Waals surface area (Å²) in [7, 11) is 1.20. The van der Waals surface area contributed by atoms with Gasteiger partial charge in [0.15, 0.2) is 0 Å². The lowest BCUT2D eigenvalue weighted by atomic mass is 10.3. The molecule has 0 aliphatic carbocycles. The Morgan fingerprint density at radius 3 is 2.50 bits per heavy atom. The van der Waals surface area contributed by atoms with Gasteiger partial charge in [0, 0.05) is 11.3 Å². The van der Waals surface area contributed by atoms with Crippen molar-refractivity contribution in [1.29, 1.82) is 0 Å². The number of rotatable bonds is 5. The van der Waals surface area contributed by atoms with Crippen molar-refractivity contribution >= 4 is 11.9 Å². The molecule has 0 saturated heterocycles. The van der Waals surface area contributed by atoms with Gasteiger partial charge >= 0.3 is 11.9 Å². The molecule has 0 rings (SSSR count). The number of aliphatic hydroxyl groups is 1. The zero-order valence-corrected chi connectivity index (χ0v) is 7.73. The highest BCUT2D eigenvalue weighted by Crippen LogP contribution is 1.97. The van der Waals surface area contributed by atoms with Crippen LogP contribution in [0.3, 0.4) is 0 Å². The van der Waals surface area contributed by atoms with Crippen molar-refractivity contribution in [3.8, 4) is 0 Å². The Labute approximate surface area is 80.9 Å². The SMILES string of the molecule is C=CC(=O)ON(C)OC(=O)C(=C)CO.